The first-order valence-corrected chi connectivity index (χ1v) is 7.09. The number of tetrazole rings is 1. The van der Waals surface area contributed by atoms with Gasteiger partial charge in [-0.05, 0) is 37.6 Å². The third-order valence-electron chi connectivity index (χ3n) is 2.66. The Bertz CT molecular complexity index is 423. The Hall–Kier alpha value is -1.15. The van der Waals surface area contributed by atoms with Crippen molar-refractivity contribution in [1.82, 2.24) is 25.5 Å². The van der Waals surface area contributed by atoms with Gasteiger partial charge in [0.1, 0.15) is 5.54 Å². The van der Waals surface area contributed by atoms with E-state index in [1.54, 1.807) is 11.7 Å². The Morgan fingerprint density at radius 2 is 2.26 bits per heavy atom. The summed E-state index contributed by atoms with van der Waals surface area (Å²) in [7, 11) is 3.19. The average Bonchev–Trinajstić information content (AvgIpc) is 2.73. The van der Waals surface area contributed by atoms with Crippen LogP contribution in [0.4, 0.5) is 0 Å². The second kappa shape index (κ2) is 6.85. The van der Waals surface area contributed by atoms with Crippen LogP contribution in [0.1, 0.15) is 27.2 Å². The number of rotatable bonds is 7. The highest BCUT2D eigenvalue weighted by Crippen LogP contribution is 2.20. The fraction of sp³-hybridized carbons (Fsp3) is 0.818. The Labute approximate surface area is 117 Å². The molecule has 1 atom stereocenters. The van der Waals surface area contributed by atoms with E-state index in [4.69, 9.17) is 4.74 Å². The summed E-state index contributed by atoms with van der Waals surface area (Å²) in [5, 5.41) is 15.2. The van der Waals surface area contributed by atoms with Crippen LogP contribution < -0.4 is 5.32 Å². The van der Waals surface area contributed by atoms with Gasteiger partial charge < -0.3 is 4.74 Å². The summed E-state index contributed by atoms with van der Waals surface area (Å²) in [6, 6.07) is 0.200. The number of carbonyl (C=O) groups is 1. The second-order valence-electron chi connectivity index (χ2n) is 4.81. The van der Waals surface area contributed by atoms with Gasteiger partial charge in [0.05, 0.1) is 7.11 Å². The zero-order chi connectivity index (χ0) is 14.5. The van der Waals surface area contributed by atoms with E-state index < -0.39 is 5.54 Å². The normalized spacial score (nSPS) is 14.4. The molecule has 0 radical (unpaired) electrons. The molecule has 7 nitrogen and oxygen atoms in total. The molecule has 1 N–H and O–H groups in total. The number of nitrogens with zero attached hydrogens (tertiary/aromatic N) is 4. The molecule has 0 bridgehead atoms. The lowest BCUT2D eigenvalue weighted by atomic mass is 9.98. The number of ether oxygens (including phenoxy) is 1. The standard InChI is InChI=1S/C11H21N5O2S/c1-8(2)12-11(3,9(17)18-5)6-7-19-10-13-14-15-16(10)4/h8,12H,6-7H2,1-5H3. The summed E-state index contributed by atoms with van der Waals surface area (Å²) in [6.45, 7) is 5.86. The van der Waals surface area contributed by atoms with Gasteiger partial charge in [0.2, 0.25) is 5.16 Å². The van der Waals surface area contributed by atoms with Crippen molar-refractivity contribution in [3.05, 3.63) is 0 Å². The summed E-state index contributed by atoms with van der Waals surface area (Å²) in [5.74, 6) is 0.470. The Morgan fingerprint density at radius 1 is 1.58 bits per heavy atom. The molecule has 1 heterocycles. The van der Waals surface area contributed by atoms with Crippen molar-refractivity contribution in [2.24, 2.45) is 7.05 Å². The number of nitrogens with one attached hydrogen (secondary N) is 1. The highest BCUT2D eigenvalue weighted by molar-refractivity contribution is 7.99. The van der Waals surface area contributed by atoms with Gasteiger partial charge in [-0.2, -0.15) is 0 Å². The predicted octanol–water partition coefficient (Wildman–Crippen LogP) is 0.622. The molecule has 1 rings (SSSR count). The predicted molar refractivity (Wildman–Crippen MR) is 72.8 cm³/mol. The largest absolute Gasteiger partial charge is 0.468 e. The van der Waals surface area contributed by atoms with E-state index in [-0.39, 0.29) is 12.0 Å². The van der Waals surface area contributed by atoms with Gasteiger partial charge in [0.25, 0.3) is 0 Å². The topological polar surface area (TPSA) is 81.9 Å². The number of aryl methyl sites for hydroxylation is 1. The SMILES string of the molecule is COC(=O)C(C)(CCSc1nnnn1C)NC(C)C. The van der Waals surface area contributed by atoms with E-state index in [0.29, 0.717) is 6.42 Å². The van der Waals surface area contributed by atoms with E-state index in [9.17, 15) is 4.79 Å². The first kappa shape index (κ1) is 15.9. The molecule has 1 aromatic heterocycles. The van der Waals surface area contributed by atoms with Gasteiger partial charge in [-0.3, -0.25) is 10.1 Å². The first-order valence-electron chi connectivity index (χ1n) is 6.10. The van der Waals surface area contributed by atoms with Crippen molar-refractivity contribution in [2.75, 3.05) is 12.9 Å². The van der Waals surface area contributed by atoms with Crippen LogP contribution in [-0.4, -0.2) is 50.6 Å². The molecular formula is C11H21N5O2S. The molecule has 0 saturated carbocycles. The second-order valence-corrected chi connectivity index (χ2v) is 5.87. The first-order chi connectivity index (χ1) is 8.89. The molecule has 0 aromatic carbocycles. The molecule has 0 aliphatic carbocycles. The highest BCUT2D eigenvalue weighted by Gasteiger charge is 2.34. The van der Waals surface area contributed by atoms with E-state index in [2.05, 4.69) is 20.8 Å². The molecule has 0 fully saturated rings. The molecular weight excluding hydrogens is 266 g/mol. The highest BCUT2D eigenvalue weighted by atomic mass is 32.2. The summed E-state index contributed by atoms with van der Waals surface area (Å²) < 4.78 is 6.48. The smallest absolute Gasteiger partial charge is 0.325 e. The summed E-state index contributed by atoms with van der Waals surface area (Å²) in [5.41, 5.74) is -0.693. The number of aromatic nitrogens is 4. The molecule has 0 aliphatic rings. The lowest BCUT2D eigenvalue weighted by Gasteiger charge is -2.30. The summed E-state index contributed by atoms with van der Waals surface area (Å²) >= 11 is 1.51. The summed E-state index contributed by atoms with van der Waals surface area (Å²) in [6.07, 6.45) is 0.634. The van der Waals surface area contributed by atoms with Gasteiger partial charge in [-0.1, -0.05) is 11.8 Å². The maximum absolute atomic E-state index is 11.9. The fourth-order valence-corrected chi connectivity index (χ4v) is 2.80. The van der Waals surface area contributed by atoms with Gasteiger partial charge in [-0.15, -0.1) is 5.10 Å². The zero-order valence-electron chi connectivity index (χ0n) is 12.0. The number of thioether (sulfide) groups is 1. The van der Waals surface area contributed by atoms with Crippen LogP contribution in [0, 0.1) is 0 Å². The van der Waals surface area contributed by atoms with Gasteiger partial charge in [0, 0.05) is 18.8 Å². The molecule has 0 saturated heterocycles. The lowest BCUT2D eigenvalue weighted by molar-refractivity contribution is -0.148. The van der Waals surface area contributed by atoms with Crippen molar-refractivity contribution in [3.8, 4) is 0 Å². The van der Waals surface area contributed by atoms with Crippen molar-refractivity contribution in [2.45, 2.75) is 43.9 Å². The molecule has 8 heteroatoms. The van der Waals surface area contributed by atoms with Crippen LogP contribution in [0.15, 0.2) is 5.16 Å². The molecule has 1 unspecified atom stereocenters. The van der Waals surface area contributed by atoms with E-state index in [0.717, 1.165) is 10.9 Å². The van der Waals surface area contributed by atoms with Crippen molar-refractivity contribution in [1.29, 1.82) is 0 Å². The molecule has 0 amide bonds. The zero-order valence-corrected chi connectivity index (χ0v) is 12.8. The minimum Gasteiger partial charge on any atom is -0.468 e. The van der Waals surface area contributed by atoms with E-state index >= 15 is 0 Å². The fourth-order valence-electron chi connectivity index (χ4n) is 1.79. The Kier molecular flexibility index (Phi) is 5.74. The number of carbonyl (C=O) groups excluding carboxylic acids is 1. The number of hydrogen-bond acceptors (Lipinski definition) is 7. The Balaban J connectivity index is 2.58. The van der Waals surface area contributed by atoms with Crippen LogP contribution in [0.3, 0.4) is 0 Å². The summed E-state index contributed by atoms with van der Waals surface area (Å²) in [4.78, 5) is 11.9. The maximum Gasteiger partial charge on any atom is 0.325 e. The third kappa shape index (κ3) is 4.46. The van der Waals surface area contributed by atoms with E-state index in [1.807, 2.05) is 20.8 Å². The van der Waals surface area contributed by atoms with Gasteiger partial charge in [-0.25, -0.2) is 4.68 Å². The minimum atomic E-state index is -0.693. The van der Waals surface area contributed by atoms with Crippen LogP contribution in [0.25, 0.3) is 0 Å². The third-order valence-corrected chi connectivity index (χ3v) is 3.67. The van der Waals surface area contributed by atoms with E-state index in [1.165, 1.54) is 18.9 Å². The van der Waals surface area contributed by atoms with Crippen molar-refractivity contribution < 1.29 is 9.53 Å². The molecule has 108 valence electrons. The van der Waals surface area contributed by atoms with Crippen molar-refractivity contribution in [3.63, 3.8) is 0 Å². The number of esters is 1. The van der Waals surface area contributed by atoms with Crippen molar-refractivity contribution >= 4 is 17.7 Å². The van der Waals surface area contributed by atoms with Crippen LogP contribution in [-0.2, 0) is 16.6 Å². The quantitative estimate of drug-likeness (QED) is 0.581. The van der Waals surface area contributed by atoms with Gasteiger partial charge >= 0.3 is 5.97 Å². The lowest BCUT2D eigenvalue weighted by Crippen LogP contribution is -2.53. The molecule has 0 spiro atoms. The van der Waals surface area contributed by atoms with Gasteiger partial charge in [0.15, 0.2) is 0 Å². The monoisotopic (exact) mass is 287 g/mol. The molecule has 0 aliphatic heterocycles. The average molecular weight is 287 g/mol. The van der Waals surface area contributed by atoms with Crippen LogP contribution >= 0.6 is 11.8 Å². The maximum atomic E-state index is 11.9. The number of methoxy groups -OCH3 is 1. The Morgan fingerprint density at radius 3 is 2.74 bits per heavy atom. The minimum absolute atomic E-state index is 0.200. The molecule has 19 heavy (non-hydrogen) atoms. The number of hydrogen-bond donors (Lipinski definition) is 1. The van der Waals surface area contributed by atoms with Crippen LogP contribution in [0.5, 0.6) is 0 Å². The molecule has 1 aromatic rings. The van der Waals surface area contributed by atoms with Crippen LogP contribution in [0.2, 0.25) is 0 Å².